The van der Waals surface area contributed by atoms with Crippen molar-refractivity contribution in [2.45, 2.75) is 12.6 Å². The molecule has 1 atom stereocenters. The quantitative estimate of drug-likeness (QED) is 0.832. The van der Waals surface area contributed by atoms with Crippen molar-refractivity contribution in [3.05, 3.63) is 71.3 Å². The van der Waals surface area contributed by atoms with Gasteiger partial charge in [-0.05, 0) is 23.3 Å². The van der Waals surface area contributed by atoms with Gasteiger partial charge in [-0.25, -0.2) is 4.79 Å². The van der Waals surface area contributed by atoms with Gasteiger partial charge in [0.05, 0.1) is 13.7 Å². The van der Waals surface area contributed by atoms with E-state index < -0.39 is 12.0 Å². The van der Waals surface area contributed by atoms with Crippen molar-refractivity contribution in [3.8, 4) is 0 Å². The topological polar surface area (TPSA) is 64.6 Å². The Morgan fingerprint density at radius 2 is 1.65 bits per heavy atom. The van der Waals surface area contributed by atoms with Gasteiger partial charge in [-0.2, -0.15) is 0 Å². The van der Waals surface area contributed by atoms with Crippen LogP contribution in [-0.4, -0.2) is 26.1 Å². The van der Waals surface area contributed by atoms with Crippen LogP contribution in [0.2, 0.25) is 0 Å². The molecule has 0 bridgehead atoms. The molecule has 23 heavy (non-hydrogen) atoms. The van der Waals surface area contributed by atoms with Gasteiger partial charge >= 0.3 is 5.97 Å². The average molecular weight is 313 g/mol. The van der Waals surface area contributed by atoms with Crippen molar-refractivity contribution in [2.24, 2.45) is 0 Å². The van der Waals surface area contributed by atoms with E-state index >= 15 is 0 Å². The Balaban J connectivity index is 2.15. The van der Waals surface area contributed by atoms with E-state index in [4.69, 9.17) is 9.47 Å². The van der Waals surface area contributed by atoms with Crippen LogP contribution < -0.4 is 5.32 Å². The molecule has 0 radical (unpaired) electrons. The Morgan fingerprint density at radius 1 is 1.00 bits per heavy atom. The summed E-state index contributed by atoms with van der Waals surface area (Å²) < 4.78 is 9.82. The Kier molecular flexibility index (Phi) is 5.88. The number of ether oxygens (including phenoxy) is 2. The second kappa shape index (κ2) is 8.10. The van der Waals surface area contributed by atoms with Crippen LogP contribution in [0.1, 0.15) is 27.5 Å². The molecule has 0 fully saturated rings. The average Bonchev–Trinajstić information content (AvgIpc) is 2.60. The highest BCUT2D eigenvalue weighted by Crippen LogP contribution is 2.15. The van der Waals surface area contributed by atoms with E-state index in [1.165, 1.54) is 7.11 Å². The van der Waals surface area contributed by atoms with Crippen molar-refractivity contribution in [3.63, 3.8) is 0 Å². The van der Waals surface area contributed by atoms with Crippen LogP contribution in [0.4, 0.5) is 0 Å². The van der Waals surface area contributed by atoms with Crippen molar-refractivity contribution >= 4 is 11.9 Å². The maximum absolute atomic E-state index is 12.4. The zero-order chi connectivity index (χ0) is 16.7. The van der Waals surface area contributed by atoms with Gasteiger partial charge in [-0.3, -0.25) is 4.79 Å². The molecule has 0 saturated carbocycles. The molecule has 2 rings (SSSR count). The first-order valence-electron chi connectivity index (χ1n) is 7.17. The molecule has 5 nitrogen and oxygen atoms in total. The fourth-order valence-electron chi connectivity index (χ4n) is 2.18. The van der Waals surface area contributed by atoms with Crippen LogP contribution in [0.3, 0.4) is 0 Å². The highest BCUT2D eigenvalue weighted by atomic mass is 16.5. The number of rotatable bonds is 6. The Bertz CT molecular complexity index is 652. The molecule has 1 N–H and O–H groups in total. The minimum atomic E-state index is -0.840. The molecule has 0 aliphatic heterocycles. The third kappa shape index (κ3) is 4.40. The fraction of sp³-hybridized carbons (Fsp3) is 0.222. The second-order valence-corrected chi connectivity index (χ2v) is 4.97. The van der Waals surface area contributed by atoms with Crippen molar-refractivity contribution in [1.82, 2.24) is 5.32 Å². The number of methoxy groups -OCH3 is 2. The highest BCUT2D eigenvalue weighted by Gasteiger charge is 2.23. The second-order valence-electron chi connectivity index (χ2n) is 4.97. The first kappa shape index (κ1) is 16.7. The lowest BCUT2D eigenvalue weighted by molar-refractivity contribution is -0.143. The first-order valence-corrected chi connectivity index (χ1v) is 7.17. The molecule has 0 aliphatic carbocycles. The predicted octanol–water partition coefficient (Wildman–Crippen LogP) is 2.48. The molecule has 2 aromatic carbocycles. The summed E-state index contributed by atoms with van der Waals surface area (Å²) in [4.78, 5) is 24.3. The number of esters is 1. The minimum absolute atomic E-state index is 0.340. The van der Waals surface area contributed by atoms with Gasteiger partial charge in [0.15, 0.2) is 6.04 Å². The molecular formula is C18H19NO4. The summed E-state index contributed by atoms with van der Waals surface area (Å²) in [6, 6.07) is 15.2. The molecular weight excluding hydrogens is 294 g/mol. The molecule has 0 heterocycles. The summed E-state index contributed by atoms with van der Waals surface area (Å²) in [6.07, 6.45) is 0. The largest absolute Gasteiger partial charge is 0.467 e. The first-order chi connectivity index (χ1) is 11.2. The normalized spacial score (nSPS) is 11.6. The predicted molar refractivity (Wildman–Crippen MR) is 85.8 cm³/mol. The van der Waals surface area contributed by atoms with E-state index in [9.17, 15) is 9.59 Å². The SMILES string of the molecule is COCc1ccc(C(=O)NC(C(=O)OC)c2ccccc2)cc1. The molecule has 0 spiro atoms. The molecule has 120 valence electrons. The molecule has 0 aromatic heterocycles. The van der Waals surface area contributed by atoms with E-state index in [0.717, 1.165) is 5.56 Å². The Labute approximate surface area is 135 Å². The lowest BCUT2D eigenvalue weighted by atomic mass is 10.1. The zero-order valence-corrected chi connectivity index (χ0v) is 13.1. The number of amides is 1. The summed E-state index contributed by atoms with van der Waals surface area (Å²) in [5, 5.41) is 2.71. The lowest BCUT2D eigenvalue weighted by Gasteiger charge is -2.17. The van der Waals surface area contributed by atoms with E-state index in [0.29, 0.717) is 17.7 Å². The van der Waals surface area contributed by atoms with E-state index in [-0.39, 0.29) is 5.91 Å². The number of hydrogen-bond donors (Lipinski definition) is 1. The van der Waals surface area contributed by atoms with E-state index in [1.807, 2.05) is 18.2 Å². The molecule has 5 heteroatoms. The van der Waals surface area contributed by atoms with Gasteiger partial charge in [-0.15, -0.1) is 0 Å². The smallest absolute Gasteiger partial charge is 0.333 e. The Morgan fingerprint density at radius 3 is 2.22 bits per heavy atom. The van der Waals surface area contributed by atoms with Crippen LogP contribution in [0.25, 0.3) is 0 Å². The fourth-order valence-corrected chi connectivity index (χ4v) is 2.18. The number of benzene rings is 2. The lowest BCUT2D eigenvalue weighted by Crippen LogP contribution is -2.34. The van der Waals surface area contributed by atoms with Gasteiger partial charge in [0.1, 0.15) is 0 Å². The summed E-state index contributed by atoms with van der Waals surface area (Å²) in [6.45, 7) is 0.483. The summed E-state index contributed by atoms with van der Waals surface area (Å²) in [5.41, 5.74) is 2.11. The van der Waals surface area contributed by atoms with Crippen LogP contribution in [0.15, 0.2) is 54.6 Å². The maximum atomic E-state index is 12.4. The van der Waals surface area contributed by atoms with Crippen LogP contribution >= 0.6 is 0 Å². The zero-order valence-electron chi connectivity index (χ0n) is 13.1. The van der Waals surface area contributed by atoms with Gasteiger partial charge in [0.25, 0.3) is 5.91 Å². The van der Waals surface area contributed by atoms with E-state index in [1.54, 1.807) is 43.5 Å². The van der Waals surface area contributed by atoms with Crippen molar-refractivity contribution < 1.29 is 19.1 Å². The summed E-state index contributed by atoms with van der Waals surface area (Å²) in [5.74, 6) is -0.853. The third-order valence-corrected chi connectivity index (χ3v) is 3.37. The minimum Gasteiger partial charge on any atom is -0.467 e. The van der Waals surface area contributed by atoms with Gasteiger partial charge in [-0.1, -0.05) is 42.5 Å². The van der Waals surface area contributed by atoms with Crippen LogP contribution in [-0.2, 0) is 20.9 Å². The van der Waals surface area contributed by atoms with Crippen LogP contribution in [0, 0.1) is 0 Å². The number of carbonyl (C=O) groups excluding carboxylic acids is 2. The number of nitrogens with one attached hydrogen (secondary N) is 1. The van der Waals surface area contributed by atoms with Gasteiger partial charge in [0, 0.05) is 12.7 Å². The monoisotopic (exact) mass is 313 g/mol. The highest BCUT2D eigenvalue weighted by molar-refractivity contribution is 5.97. The summed E-state index contributed by atoms with van der Waals surface area (Å²) in [7, 11) is 2.91. The molecule has 1 amide bonds. The maximum Gasteiger partial charge on any atom is 0.333 e. The summed E-state index contributed by atoms with van der Waals surface area (Å²) >= 11 is 0. The van der Waals surface area contributed by atoms with Crippen LogP contribution in [0.5, 0.6) is 0 Å². The molecule has 2 aromatic rings. The van der Waals surface area contributed by atoms with Crippen molar-refractivity contribution in [2.75, 3.05) is 14.2 Å². The molecule has 0 aliphatic rings. The standard InChI is InChI=1S/C18H19NO4/c1-22-12-13-8-10-15(11-9-13)17(20)19-16(18(21)23-2)14-6-4-3-5-7-14/h3-11,16H,12H2,1-2H3,(H,19,20). The Hall–Kier alpha value is -2.66. The third-order valence-electron chi connectivity index (χ3n) is 3.37. The number of hydrogen-bond acceptors (Lipinski definition) is 4. The van der Waals surface area contributed by atoms with Gasteiger partial charge in [0.2, 0.25) is 0 Å². The van der Waals surface area contributed by atoms with E-state index in [2.05, 4.69) is 5.32 Å². The molecule has 0 saturated heterocycles. The van der Waals surface area contributed by atoms with Gasteiger partial charge < -0.3 is 14.8 Å². The van der Waals surface area contributed by atoms with Crippen molar-refractivity contribution in [1.29, 1.82) is 0 Å². The number of carbonyl (C=O) groups is 2. The molecule has 1 unspecified atom stereocenters.